The topological polar surface area (TPSA) is 151 Å². The third kappa shape index (κ3) is 7.41. The summed E-state index contributed by atoms with van der Waals surface area (Å²) < 4.78 is 41.8. The van der Waals surface area contributed by atoms with E-state index < -0.39 is 16.1 Å². The first-order chi connectivity index (χ1) is 23.4. The molecular formula is C35H46N6O7S. The number of nitrogens with one attached hydrogen (secondary N) is 3. The molecule has 14 heteroatoms. The number of ether oxygens (including phenoxy) is 2. The Morgan fingerprint density at radius 1 is 1.04 bits per heavy atom. The molecule has 2 aromatic carbocycles. The van der Waals surface area contributed by atoms with Crippen LogP contribution in [0.25, 0.3) is 22.2 Å². The van der Waals surface area contributed by atoms with E-state index >= 15 is 0 Å². The molecule has 3 N–H and O–H groups in total. The van der Waals surface area contributed by atoms with Gasteiger partial charge in [0.1, 0.15) is 5.75 Å². The fourth-order valence-electron chi connectivity index (χ4n) is 7.36. The zero-order chi connectivity index (χ0) is 34.9. The number of morpholine rings is 1. The van der Waals surface area contributed by atoms with Crippen LogP contribution in [0.1, 0.15) is 66.4 Å². The van der Waals surface area contributed by atoms with Gasteiger partial charge in [-0.05, 0) is 66.6 Å². The summed E-state index contributed by atoms with van der Waals surface area (Å²) in [5, 5.41) is 7.08. The maximum absolute atomic E-state index is 13.8. The van der Waals surface area contributed by atoms with Crippen molar-refractivity contribution in [2.45, 2.75) is 70.1 Å². The first-order valence-electron chi connectivity index (χ1n) is 16.9. The fourth-order valence-corrected chi connectivity index (χ4v) is 7.90. The van der Waals surface area contributed by atoms with Crippen molar-refractivity contribution < 1.29 is 32.3 Å². The number of amides is 4. The predicted molar refractivity (Wildman–Crippen MR) is 186 cm³/mol. The third-order valence-corrected chi connectivity index (χ3v) is 11.3. The van der Waals surface area contributed by atoms with Gasteiger partial charge < -0.3 is 29.6 Å². The number of fused-ring (bicyclic) bond motifs is 5. The first kappa shape index (κ1) is 34.7. The second kappa shape index (κ2) is 14.4. The minimum atomic E-state index is -3.99. The number of methoxy groups -OCH3 is 1. The van der Waals surface area contributed by atoms with E-state index in [1.165, 1.54) is 33.0 Å². The Bertz CT molecular complexity index is 1850. The summed E-state index contributed by atoms with van der Waals surface area (Å²) in [4.78, 5) is 40.3. The van der Waals surface area contributed by atoms with Crippen molar-refractivity contribution in [3.8, 4) is 17.0 Å². The van der Waals surface area contributed by atoms with Gasteiger partial charge in [0.15, 0.2) is 0 Å². The molecule has 2 aliphatic heterocycles. The summed E-state index contributed by atoms with van der Waals surface area (Å²) in [6.45, 7) is 3.35. The molecule has 3 heterocycles. The Labute approximate surface area is 287 Å². The molecule has 3 aliphatic rings. The highest BCUT2D eigenvalue weighted by Gasteiger charge is 2.33. The van der Waals surface area contributed by atoms with Crippen molar-refractivity contribution in [3.63, 3.8) is 0 Å². The van der Waals surface area contributed by atoms with Crippen molar-refractivity contribution in [2.24, 2.45) is 0 Å². The highest BCUT2D eigenvalue weighted by Crippen LogP contribution is 2.46. The minimum Gasteiger partial charge on any atom is -0.497 e. The zero-order valence-electron chi connectivity index (χ0n) is 28.6. The largest absolute Gasteiger partial charge is 0.497 e. The first-order valence-corrected chi connectivity index (χ1v) is 18.4. The van der Waals surface area contributed by atoms with Gasteiger partial charge in [0.05, 0.1) is 38.1 Å². The number of hydrogen-bond acceptors (Lipinski definition) is 7. The Morgan fingerprint density at radius 2 is 1.82 bits per heavy atom. The van der Waals surface area contributed by atoms with Crippen LogP contribution in [0.4, 0.5) is 4.79 Å². The van der Waals surface area contributed by atoms with Crippen LogP contribution in [0, 0.1) is 0 Å². The molecule has 3 aromatic rings. The maximum atomic E-state index is 13.8. The minimum absolute atomic E-state index is 0.153. The Balaban J connectivity index is 1.42. The normalized spacial score (nSPS) is 19.9. The van der Waals surface area contributed by atoms with Crippen LogP contribution in [0.15, 0.2) is 36.4 Å². The molecule has 6 rings (SSSR count). The molecule has 13 nitrogen and oxygen atoms in total. The molecule has 1 saturated carbocycles. The van der Waals surface area contributed by atoms with E-state index in [1.807, 2.05) is 18.2 Å². The van der Waals surface area contributed by atoms with Crippen molar-refractivity contribution >= 4 is 39.0 Å². The van der Waals surface area contributed by atoms with Crippen LogP contribution in [0.5, 0.6) is 5.75 Å². The average molecular weight is 695 g/mol. The number of aromatic nitrogens is 1. The van der Waals surface area contributed by atoms with Gasteiger partial charge in [0, 0.05) is 62.7 Å². The summed E-state index contributed by atoms with van der Waals surface area (Å²) in [6, 6.07) is 10.9. The molecule has 4 amide bonds. The van der Waals surface area contributed by atoms with Gasteiger partial charge in [0.25, 0.3) is 5.91 Å². The molecule has 0 bridgehead atoms. The standard InChI is InChI=1S/C35H46N6O7S/c1-22(42)36-19-28-21-40(14-15-48-28)35(44)37-26-16-25-17-27(47-4)11-13-29(25)33-32(23-8-6-5-7-9-23)30-12-10-24(18-31(30)41(33)20-26)34(43)38-49(45,46)39(2)3/h10-13,17-18,23,26,28H,5-9,14-16,19-21H2,1-4H3,(H,36,42)(H,37,44)(H,38,43). The van der Waals surface area contributed by atoms with Gasteiger partial charge >= 0.3 is 16.2 Å². The van der Waals surface area contributed by atoms with E-state index in [2.05, 4.69) is 26.0 Å². The smallest absolute Gasteiger partial charge is 0.317 e. The average Bonchev–Trinajstić information content (AvgIpc) is 3.30. The van der Waals surface area contributed by atoms with Crippen LogP contribution >= 0.6 is 0 Å². The number of carbonyl (C=O) groups excluding carboxylic acids is 3. The number of nitrogens with zero attached hydrogens (tertiary/aromatic N) is 3. The molecule has 0 spiro atoms. The van der Waals surface area contributed by atoms with E-state index in [9.17, 15) is 22.8 Å². The van der Waals surface area contributed by atoms with Gasteiger partial charge in [-0.1, -0.05) is 25.3 Å². The lowest BCUT2D eigenvalue weighted by atomic mass is 9.81. The Hall–Kier alpha value is -4.14. The molecule has 49 heavy (non-hydrogen) atoms. The van der Waals surface area contributed by atoms with E-state index in [-0.39, 0.29) is 29.6 Å². The van der Waals surface area contributed by atoms with Crippen LogP contribution in [0.2, 0.25) is 0 Å². The van der Waals surface area contributed by atoms with Gasteiger partial charge in [-0.25, -0.2) is 9.52 Å². The number of rotatable bonds is 8. The van der Waals surface area contributed by atoms with E-state index in [4.69, 9.17) is 9.47 Å². The Kier molecular flexibility index (Phi) is 10.2. The van der Waals surface area contributed by atoms with Crippen LogP contribution in [-0.4, -0.2) is 99.6 Å². The quantitative estimate of drug-likeness (QED) is 0.327. The molecule has 2 fully saturated rings. The number of benzene rings is 2. The van der Waals surface area contributed by atoms with Crippen LogP contribution in [-0.2, 0) is 32.7 Å². The number of hydrogen-bond donors (Lipinski definition) is 3. The summed E-state index contributed by atoms with van der Waals surface area (Å²) in [5.41, 5.74) is 5.44. The molecule has 1 aromatic heterocycles. The number of carbonyl (C=O) groups is 3. The van der Waals surface area contributed by atoms with Crippen molar-refractivity contribution in [3.05, 3.63) is 53.1 Å². The lowest BCUT2D eigenvalue weighted by Crippen LogP contribution is -2.54. The van der Waals surface area contributed by atoms with E-state index in [0.717, 1.165) is 63.5 Å². The summed E-state index contributed by atoms with van der Waals surface area (Å²) in [7, 11) is 0.376. The monoisotopic (exact) mass is 694 g/mol. The van der Waals surface area contributed by atoms with E-state index in [0.29, 0.717) is 45.1 Å². The van der Waals surface area contributed by atoms with Crippen LogP contribution < -0.4 is 20.1 Å². The van der Waals surface area contributed by atoms with Crippen molar-refractivity contribution in [2.75, 3.05) is 47.4 Å². The lowest BCUT2D eigenvalue weighted by molar-refractivity contribution is -0.120. The zero-order valence-corrected chi connectivity index (χ0v) is 29.4. The molecule has 0 radical (unpaired) electrons. The maximum Gasteiger partial charge on any atom is 0.317 e. The summed E-state index contributed by atoms with van der Waals surface area (Å²) >= 11 is 0. The van der Waals surface area contributed by atoms with Gasteiger partial charge in [-0.15, -0.1) is 0 Å². The summed E-state index contributed by atoms with van der Waals surface area (Å²) in [6.07, 6.45) is 5.82. The predicted octanol–water partition coefficient (Wildman–Crippen LogP) is 3.37. The van der Waals surface area contributed by atoms with Crippen molar-refractivity contribution in [1.82, 2.24) is 29.1 Å². The summed E-state index contributed by atoms with van der Waals surface area (Å²) in [5.74, 6) is 0.175. The molecule has 2 atom stereocenters. The highest BCUT2D eigenvalue weighted by atomic mass is 32.2. The molecule has 1 aliphatic carbocycles. The second-order valence-corrected chi connectivity index (χ2v) is 15.3. The lowest BCUT2D eigenvalue weighted by Gasteiger charge is -2.34. The van der Waals surface area contributed by atoms with Crippen molar-refractivity contribution in [1.29, 1.82) is 0 Å². The van der Waals surface area contributed by atoms with Gasteiger partial charge in [0.2, 0.25) is 5.91 Å². The fraction of sp³-hybridized carbons (Fsp3) is 0.514. The third-order valence-electron chi connectivity index (χ3n) is 9.85. The number of urea groups is 1. The SMILES string of the molecule is COc1ccc2c(c1)CC(NC(=O)N1CCOC(CNC(C)=O)C1)Cn1c-2c(C2CCCCC2)c2ccc(C(=O)NS(=O)(=O)N(C)C)cc21. The van der Waals surface area contributed by atoms with Crippen LogP contribution in [0.3, 0.4) is 0 Å². The second-order valence-electron chi connectivity index (χ2n) is 13.4. The highest BCUT2D eigenvalue weighted by molar-refractivity contribution is 7.87. The Morgan fingerprint density at radius 3 is 2.53 bits per heavy atom. The molecular weight excluding hydrogens is 648 g/mol. The molecule has 1 saturated heterocycles. The van der Waals surface area contributed by atoms with Gasteiger partial charge in [-0.2, -0.15) is 12.7 Å². The van der Waals surface area contributed by atoms with Gasteiger partial charge in [-0.3, -0.25) is 9.59 Å². The molecule has 2 unspecified atom stereocenters. The van der Waals surface area contributed by atoms with E-state index in [1.54, 1.807) is 24.1 Å². The molecule has 264 valence electrons.